The van der Waals surface area contributed by atoms with Crippen LogP contribution in [0.15, 0.2) is 83.8 Å². The van der Waals surface area contributed by atoms with E-state index in [9.17, 15) is 31.5 Å². The van der Waals surface area contributed by atoms with Crippen LogP contribution >= 0.6 is 0 Å². The van der Waals surface area contributed by atoms with Crippen LogP contribution in [0.5, 0.6) is 0 Å². The molecule has 0 aliphatic carbocycles. The van der Waals surface area contributed by atoms with E-state index in [1.54, 1.807) is 30.3 Å². The molecule has 184 valence electrons. The molecule has 4 aromatic carbocycles. The topological polar surface area (TPSA) is 83.5 Å². The monoisotopic (exact) mass is 511 g/mol. The summed E-state index contributed by atoms with van der Waals surface area (Å²) in [5.41, 5.74) is 2.01. The van der Waals surface area contributed by atoms with Crippen molar-refractivity contribution in [1.29, 1.82) is 0 Å². The average molecular weight is 512 g/mol. The summed E-state index contributed by atoms with van der Waals surface area (Å²) in [6.07, 6.45) is 1.08. The largest absolute Gasteiger partial charge is 0.392 e. The number of hydrogen-bond acceptors (Lipinski definition) is 4. The Kier molecular flexibility index (Phi) is 6.96. The van der Waals surface area contributed by atoms with Gasteiger partial charge in [0.15, 0.2) is 27.3 Å². The Balaban J connectivity index is 1.68. The average Bonchev–Trinajstić information content (AvgIpc) is 2.87. The summed E-state index contributed by atoms with van der Waals surface area (Å²) in [5.74, 6) is -4.71. The minimum atomic E-state index is -3.37. The van der Waals surface area contributed by atoms with Crippen molar-refractivity contribution < 1.29 is 31.5 Å². The molecule has 0 aromatic heterocycles. The van der Waals surface area contributed by atoms with Crippen LogP contribution in [0.2, 0.25) is 0 Å². The number of amides is 1. The van der Waals surface area contributed by atoms with Crippen molar-refractivity contribution >= 4 is 21.4 Å². The molecule has 36 heavy (non-hydrogen) atoms. The van der Waals surface area contributed by atoms with Gasteiger partial charge in [-0.25, -0.2) is 21.6 Å². The number of nitrogens with one attached hydrogen (secondary N) is 1. The number of halogens is 3. The lowest BCUT2D eigenvalue weighted by molar-refractivity contribution is 0.102. The zero-order valence-electron chi connectivity index (χ0n) is 18.9. The van der Waals surface area contributed by atoms with Crippen molar-refractivity contribution in [3.8, 4) is 22.3 Å². The minimum Gasteiger partial charge on any atom is -0.392 e. The lowest BCUT2D eigenvalue weighted by Crippen LogP contribution is -2.12. The number of aliphatic hydroxyl groups is 1. The van der Waals surface area contributed by atoms with E-state index in [0.29, 0.717) is 22.4 Å². The van der Waals surface area contributed by atoms with Crippen LogP contribution in [0.4, 0.5) is 18.9 Å². The minimum absolute atomic E-state index is 0.114. The molecule has 0 bridgehead atoms. The molecule has 0 aliphatic heterocycles. The van der Waals surface area contributed by atoms with Gasteiger partial charge in [-0.3, -0.25) is 4.79 Å². The molecule has 0 atom stereocenters. The number of aliphatic hydroxyl groups excluding tert-OH is 1. The highest BCUT2D eigenvalue weighted by Gasteiger charge is 2.19. The van der Waals surface area contributed by atoms with E-state index in [1.165, 1.54) is 36.4 Å². The summed E-state index contributed by atoms with van der Waals surface area (Å²) >= 11 is 0. The molecule has 0 aliphatic rings. The van der Waals surface area contributed by atoms with Gasteiger partial charge in [-0.2, -0.15) is 0 Å². The van der Waals surface area contributed by atoms with E-state index in [4.69, 9.17) is 0 Å². The molecule has 0 radical (unpaired) electrons. The highest BCUT2D eigenvalue weighted by Crippen LogP contribution is 2.36. The Labute approximate surface area is 205 Å². The van der Waals surface area contributed by atoms with Crippen LogP contribution in [-0.4, -0.2) is 25.7 Å². The van der Waals surface area contributed by atoms with E-state index in [2.05, 4.69) is 5.32 Å². The number of carbonyl (C=O) groups excluding carboxylic acids is 1. The normalized spacial score (nSPS) is 11.4. The summed E-state index contributed by atoms with van der Waals surface area (Å²) < 4.78 is 65.1. The first-order valence-corrected chi connectivity index (χ1v) is 12.6. The van der Waals surface area contributed by atoms with Crippen LogP contribution in [-0.2, 0) is 16.4 Å². The van der Waals surface area contributed by atoms with E-state index in [-0.39, 0.29) is 21.6 Å². The van der Waals surface area contributed by atoms with Gasteiger partial charge >= 0.3 is 0 Å². The molecular formula is C27H20F3NO4S. The standard InChI is InChI=1S/C27H20F3NO4S/c1-36(34,35)19-9-7-18(8-10-19)31-27(33)16-6-11-20(17(14-16)15-32)21-4-2-3-5-22(21)23-12-13-24(28)26(30)25(23)29/h2-14,32H,15H2,1H3,(H,31,33). The molecule has 2 N–H and O–H groups in total. The Hall–Kier alpha value is -3.95. The van der Waals surface area contributed by atoms with Crippen LogP contribution < -0.4 is 5.32 Å². The fourth-order valence-corrected chi connectivity index (χ4v) is 4.43. The highest BCUT2D eigenvalue weighted by molar-refractivity contribution is 7.90. The number of carbonyl (C=O) groups is 1. The molecule has 0 saturated carbocycles. The quantitative estimate of drug-likeness (QED) is 0.331. The molecule has 0 unspecified atom stereocenters. The highest BCUT2D eigenvalue weighted by atomic mass is 32.2. The van der Waals surface area contributed by atoms with Crippen LogP contribution in [0.25, 0.3) is 22.3 Å². The molecule has 1 amide bonds. The summed E-state index contributed by atoms with van der Waals surface area (Å²) in [7, 11) is -3.37. The molecule has 4 rings (SSSR count). The Morgan fingerprint density at radius 2 is 1.42 bits per heavy atom. The van der Waals surface area contributed by atoms with E-state index >= 15 is 0 Å². The van der Waals surface area contributed by atoms with Gasteiger partial charge in [-0.15, -0.1) is 0 Å². The van der Waals surface area contributed by atoms with Crippen LogP contribution in [0.3, 0.4) is 0 Å². The maximum atomic E-state index is 14.5. The third-order valence-corrected chi connectivity index (χ3v) is 6.75. The fraction of sp³-hybridized carbons (Fsp3) is 0.0741. The first-order chi connectivity index (χ1) is 17.1. The maximum Gasteiger partial charge on any atom is 0.255 e. The molecule has 5 nitrogen and oxygen atoms in total. The van der Waals surface area contributed by atoms with Gasteiger partial charge in [-0.1, -0.05) is 30.3 Å². The van der Waals surface area contributed by atoms with Crippen LogP contribution in [0, 0.1) is 17.5 Å². The van der Waals surface area contributed by atoms with Gasteiger partial charge in [0.1, 0.15) is 0 Å². The SMILES string of the molecule is CS(=O)(=O)c1ccc(NC(=O)c2ccc(-c3ccccc3-c3ccc(F)c(F)c3F)c(CO)c2)cc1. The van der Waals surface area contributed by atoms with Gasteiger partial charge in [0.25, 0.3) is 5.91 Å². The molecule has 4 aromatic rings. The van der Waals surface area contributed by atoms with Crippen molar-refractivity contribution in [2.45, 2.75) is 11.5 Å². The Morgan fingerprint density at radius 3 is 2.03 bits per heavy atom. The zero-order chi connectivity index (χ0) is 26.0. The maximum absolute atomic E-state index is 14.5. The van der Waals surface area contributed by atoms with Crippen molar-refractivity contribution in [2.75, 3.05) is 11.6 Å². The first kappa shape index (κ1) is 25.2. The zero-order valence-corrected chi connectivity index (χ0v) is 19.7. The summed E-state index contributed by atoms with van der Waals surface area (Å²) in [6, 6.07) is 18.7. The Morgan fingerprint density at radius 1 is 0.806 bits per heavy atom. The van der Waals surface area contributed by atoms with Crippen molar-refractivity contribution in [2.24, 2.45) is 0 Å². The third kappa shape index (κ3) is 5.02. The lowest BCUT2D eigenvalue weighted by Gasteiger charge is -2.15. The second-order valence-electron chi connectivity index (χ2n) is 8.05. The summed E-state index contributed by atoms with van der Waals surface area (Å²) in [4.78, 5) is 12.9. The molecule has 0 fully saturated rings. The third-order valence-electron chi connectivity index (χ3n) is 5.62. The smallest absolute Gasteiger partial charge is 0.255 e. The first-order valence-electron chi connectivity index (χ1n) is 10.7. The van der Waals surface area contributed by atoms with E-state index in [1.807, 2.05) is 0 Å². The molecule has 0 saturated heterocycles. The van der Waals surface area contributed by atoms with Gasteiger partial charge in [0.2, 0.25) is 0 Å². The van der Waals surface area contributed by atoms with Crippen LogP contribution in [0.1, 0.15) is 15.9 Å². The van der Waals surface area contributed by atoms with Gasteiger partial charge < -0.3 is 10.4 Å². The number of rotatable bonds is 6. The van der Waals surface area contributed by atoms with Gasteiger partial charge in [0.05, 0.1) is 11.5 Å². The Bertz CT molecular complexity index is 1570. The van der Waals surface area contributed by atoms with Gasteiger partial charge in [-0.05, 0) is 70.8 Å². The second-order valence-corrected chi connectivity index (χ2v) is 10.1. The van der Waals surface area contributed by atoms with Gasteiger partial charge in [0, 0.05) is 23.1 Å². The van der Waals surface area contributed by atoms with E-state index in [0.717, 1.165) is 18.4 Å². The fourth-order valence-electron chi connectivity index (χ4n) is 3.80. The number of hydrogen-bond donors (Lipinski definition) is 2. The molecule has 9 heteroatoms. The number of anilines is 1. The summed E-state index contributed by atoms with van der Waals surface area (Å²) in [6.45, 7) is -0.450. The predicted octanol–water partition coefficient (Wildman–Crippen LogP) is 5.59. The summed E-state index contributed by atoms with van der Waals surface area (Å²) in [5, 5.41) is 12.7. The second kappa shape index (κ2) is 9.96. The molecule has 0 spiro atoms. The van der Waals surface area contributed by atoms with Crippen molar-refractivity contribution in [3.63, 3.8) is 0 Å². The molecular weight excluding hydrogens is 491 g/mol. The predicted molar refractivity (Wildman–Crippen MR) is 131 cm³/mol. The lowest BCUT2D eigenvalue weighted by atomic mass is 9.90. The van der Waals surface area contributed by atoms with E-state index < -0.39 is 39.8 Å². The number of benzene rings is 4. The molecule has 0 heterocycles. The van der Waals surface area contributed by atoms with Crippen molar-refractivity contribution in [1.82, 2.24) is 0 Å². The van der Waals surface area contributed by atoms with Crippen molar-refractivity contribution in [3.05, 3.63) is 107 Å². The number of sulfone groups is 1.